The van der Waals surface area contributed by atoms with Gasteiger partial charge >= 0.3 is 0 Å². The van der Waals surface area contributed by atoms with Gasteiger partial charge in [-0.05, 0) is 30.2 Å². The third-order valence-electron chi connectivity index (χ3n) is 3.96. The molecule has 0 aliphatic heterocycles. The van der Waals surface area contributed by atoms with Gasteiger partial charge in [0.25, 0.3) is 0 Å². The first-order valence-corrected chi connectivity index (χ1v) is 10.4. The van der Waals surface area contributed by atoms with Crippen molar-refractivity contribution in [3.63, 3.8) is 0 Å². The van der Waals surface area contributed by atoms with Crippen LogP contribution in [0.4, 0.5) is 5.13 Å². The molecule has 1 unspecified atom stereocenters. The Morgan fingerprint density at radius 1 is 1.19 bits per heavy atom. The Kier molecular flexibility index (Phi) is 6.64. The summed E-state index contributed by atoms with van der Waals surface area (Å²) in [7, 11) is 0. The van der Waals surface area contributed by atoms with Gasteiger partial charge in [0, 0.05) is 23.2 Å². The highest BCUT2D eigenvalue weighted by molar-refractivity contribution is 7.99. The third-order valence-corrected chi connectivity index (χ3v) is 6.08. The first-order valence-electron chi connectivity index (χ1n) is 8.54. The van der Waals surface area contributed by atoms with Crippen molar-refractivity contribution in [2.45, 2.75) is 24.3 Å². The molecule has 0 radical (unpaired) electrons. The molecule has 6 heteroatoms. The molecular weight excluding hydrogens is 374 g/mol. The van der Waals surface area contributed by atoms with Gasteiger partial charge in [-0.1, -0.05) is 42.5 Å². The van der Waals surface area contributed by atoms with Crippen molar-refractivity contribution < 1.29 is 4.79 Å². The number of carbonyl (C=O) groups is 1. The van der Waals surface area contributed by atoms with E-state index in [2.05, 4.69) is 28.5 Å². The van der Waals surface area contributed by atoms with Crippen LogP contribution in [0.5, 0.6) is 0 Å². The second kappa shape index (κ2) is 9.36. The Labute approximate surface area is 167 Å². The van der Waals surface area contributed by atoms with Crippen LogP contribution in [0.2, 0.25) is 0 Å². The molecule has 3 rings (SSSR count). The highest BCUT2D eigenvalue weighted by Gasteiger charge is 2.15. The van der Waals surface area contributed by atoms with Crippen molar-refractivity contribution in [1.29, 1.82) is 5.26 Å². The van der Waals surface area contributed by atoms with Gasteiger partial charge in [-0.2, -0.15) is 5.26 Å². The predicted octanol–water partition coefficient (Wildman–Crippen LogP) is 4.87. The number of thiazole rings is 1. The maximum Gasteiger partial charge on any atom is 0.238 e. The normalized spacial score (nSPS) is 11.6. The van der Waals surface area contributed by atoms with Crippen LogP contribution < -0.4 is 5.32 Å². The zero-order chi connectivity index (χ0) is 19.1. The molecule has 27 heavy (non-hydrogen) atoms. The van der Waals surface area contributed by atoms with Crippen LogP contribution in [0.15, 0.2) is 60.8 Å². The molecule has 136 valence electrons. The van der Waals surface area contributed by atoms with E-state index in [1.54, 1.807) is 18.0 Å². The van der Waals surface area contributed by atoms with E-state index in [0.717, 1.165) is 22.6 Å². The molecule has 0 bridgehead atoms. The number of benzene rings is 2. The van der Waals surface area contributed by atoms with Crippen molar-refractivity contribution in [3.05, 3.63) is 82.4 Å². The molecule has 0 saturated carbocycles. The second-order valence-electron chi connectivity index (χ2n) is 6.05. The lowest BCUT2D eigenvalue weighted by atomic mass is 10.1. The minimum absolute atomic E-state index is 0.0322. The van der Waals surface area contributed by atoms with Gasteiger partial charge in [0.15, 0.2) is 5.13 Å². The van der Waals surface area contributed by atoms with E-state index in [1.165, 1.54) is 16.9 Å². The minimum Gasteiger partial charge on any atom is -0.301 e. The van der Waals surface area contributed by atoms with E-state index in [1.807, 2.05) is 49.4 Å². The molecule has 3 aromatic rings. The summed E-state index contributed by atoms with van der Waals surface area (Å²) in [5, 5.41) is 12.2. The molecule has 0 saturated heterocycles. The molecule has 0 aliphatic carbocycles. The number of rotatable bonds is 7. The molecular formula is C21H19N3OS2. The molecule has 1 N–H and O–H groups in total. The van der Waals surface area contributed by atoms with Crippen LogP contribution in [0, 0.1) is 11.3 Å². The molecule has 0 fully saturated rings. The number of nitrogens with zero attached hydrogens (tertiary/aromatic N) is 2. The predicted molar refractivity (Wildman–Crippen MR) is 112 cm³/mol. The molecule has 1 aromatic heterocycles. The van der Waals surface area contributed by atoms with Crippen LogP contribution >= 0.6 is 23.1 Å². The van der Waals surface area contributed by atoms with Gasteiger partial charge in [-0.15, -0.1) is 23.1 Å². The summed E-state index contributed by atoms with van der Waals surface area (Å²) >= 11 is 3.09. The summed E-state index contributed by atoms with van der Waals surface area (Å²) < 4.78 is 0. The van der Waals surface area contributed by atoms with Crippen LogP contribution in [-0.4, -0.2) is 16.1 Å². The number of anilines is 1. The summed E-state index contributed by atoms with van der Waals surface area (Å²) in [4.78, 5) is 17.8. The maximum absolute atomic E-state index is 12.4. The number of hydrogen-bond acceptors (Lipinski definition) is 5. The van der Waals surface area contributed by atoms with Crippen LogP contribution in [0.3, 0.4) is 0 Å². The summed E-state index contributed by atoms with van der Waals surface area (Å²) in [5.41, 5.74) is 2.97. The van der Waals surface area contributed by atoms with Crippen molar-refractivity contribution in [2.24, 2.45) is 0 Å². The molecule has 2 aromatic carbocycles. The molecule has 1 heterocycles. The summed E-state index contributed by atoms with van der Waals surface area (Å²) in [6.07, 6.45) is 2.53. The lowest BCUT2D eigenvalue weighted by Gasteiger charge is -2.10. The number of amides is 1. The molecule has 1 amide bonds. The molecule has 1 atom stereocenters. The second-order valence-corrected chi connectivity index (χ2v) is 8.49. The summed E-state index contributed by atoms with van der Waals surface area (Å²) in [6, 6.07) is 19.7. The van der Waals surface area contributed by atoms with E-state index < -0.39 is 0 Å². The van der Waals surface area contributed by atoms with E-state index >= 15 is 0 Å². The fraction of sp³-hybridized carbons (Fsp3) is 0.190. The van der Waals surface area contributed by atoms with Gasteiger partial charge in [0.05, 0.1) is 16.9 Å². The van der Waals surface area contributed by atoms with E-state index in [4.69, 9.17) is 5.26 Å². The zero-order valence-corrected chi connectivity index (χ0v) is 16.5. The first kappa shape index (κ1) is 19.2. The highest BCUT2D eigenvalue weighted by atomic mass is 32.2. The van der Waals surface area contributed by atoms with Crippen LogP contribution in [0.25, 0.3) is 0 Å². The lowest BCUT2D eigenvalue weighted by molar-refractivity contribution is -0.115. The lowest BCUT2D eigenvalue weighted by Crippen LogP contribution is -2.22. The fourth-order valence-electron chi connectivity index (χ4n) is 2.42. The quantitative estimate of drug-likeness (QED) is 0.622. The number of nitriles is 1. The summed E-state index contributed by atoms with van der Waals surface area (Å²) in [6.45, 7) is 1.91. The van der Waals surface area contributed by atoms with E-state index in [9.17, 15) is 4.79 Å². The van der Waals surface area contributed by atoms with Gasteiger partial charge in [-0.25, -0.2) is 4.98 Å². The van der Waals surface area contributed by atoms with Gasteiger partial charge in [-0.3, -0.25) is 4.79 Å². The van der Waals surface area contributed by atoms with Crippen molar-refractivity contribution >= 4 is 34.1 Å². The van der Waals surface area contributed by atoms with Crippen molar-refractivity contribution in [1.82, 2.24) is 4.98 Å². The molecule has 0 spiro atoms. The Balaban J connectivity index is 1.51. The van der Waals surface area contributed by atoms with Crippen molar-refractivity contribution in [2.75, 3.05) is 5.32 Å². The smallest absolute Gasteiger partial charge is 0.238 e. The largest absolute Gasteiger partial charge is 0.301 e. The van der Waals surface area contributed by atoms with Gasteiger partial charge in [0.2, 0.25) is 5.91 Å². The first-order chi connectivity index (χ1) is 13.1. The van der Waals surface area contributed by atoms with E-state index in [-0.39, 0.29) is 11.2 Å². The Morgan fingerprint density at radius 3 is 2.63 bits per heavy atom. The SMILES string of the molecule is CC(SCc1ccccc1)C(=O)Nc1ncc(Cc2ccc(C#N)cc2)s1. The highest BCUT2D eigenvalue weighted by Crippen LogP contribution is 2.23. The van der Waals surface area contributed by atoms with E-state index in [0.29, 0.717) is 10.7 Å². The monoisotopic (exact) mass is 393 g/mol. The number of aromatic nitrogens is 1. The Morgan fingerprint density at radius 2 is 1.93 bits per heavy atom. The van der Waals surface area contributed by atoms with Gasteiger partial charge in [0.1, 0.15) is 0 Å². The number of thioether (sulfide) groups is 1. The number of carbonyl (C=O) groups excluding carboxylic acids is 1. The van der Waals surface area contributed by atoms with Crippen LogP contribution in [0.1, 0.15) is 28.5 Å². The fourth-order valence-corrected chi connectivity index (χ4v) is 4.12. The average molecular weight is 394 g/mol. The Bertz CT molecular complexity index is 930. The van der Waals surface area contributed by atoms with Crippen molar-refractivity contribution in [3.8, 4) is 6.07 Å². The topological polar surface area (TPSA) is 65.8 Å². The minimum atomic E-state index is -0.156. The van der Waals surface area contributed by atoms with Gasteiger partial charge < -0.3 is 5.32 Å². The zero-order valence-electron chi connectivity index (χ0n) is 14.9. The number of nitrogens with one attached hydrogen (secondary N) is 1. The number of hydrogen-bond donors (Lipinski definition) is 1. The maximum atomic E-state index is 12.4. The van der Waals surface area contributed by atoms with Crippen LogP contribution in [-0.2, 0) is 17.0 Å². The molecule has 4 nitrogen and oxygen atoms in total. The molecule has 0 aliphatic rings. The standard InChI is InChI=1S/C21H19N3OS2/c1-15(26-14-18-5-3-2-4-6-18)20(25)24-21-23-13-19(27-21)11-16-7-9-17(12-22)10-8-16/h2-10,13,15H,11,14H2,1H3,(H,23,24,25). The third kappa shape index (κ3) is 5.68. The average Bonchev–Trinajstić information content (AvgIpc) is 3.14. The Hall–Kier alpha value is -2.62. The summed E-state index contributed by atoms with van der Waals surface area (Å²) in [5.74, 6) is 0.771.